The first-order chi connectivity index (χ1) is 9.49. The predicted molar refractivity (Wildman–Crippen MR) is 90.4 cm³/mol. The Kier molecular flexibility index (Phi) is 9.80. The highest BCUT2D eigenvalue weighted by atomic mass is 35.5. The summed E-state index contributed by atoms with van der Waals surface area (Å²) in [5.74, 6) is -0.560. The fraction of sp³-hybridized carbons (Fsp3) is 0.500. The van der Waals surface area contributed by atoms with Crippen LogP contribution < -0.4 is 10.0 Å². The molecule has 1 aliphatic heterocycles. The molecule has 0 amide bonds. The number of hydrogen-bond donors (Lipinski definition) is 2. The van der Waals surface area contributed by atoms with Crippen LogP contribution >= 0.6 is 36.4 Å². The average Bonchev–Trinajstić information content (AvgIpc) is 2.39. The molecule has 1 aromatic rings. The Morgan fingerprint density at radius 2 is 1.91 bits per heavy atom. The summed E-state index contributed by atoms with van der Waals surface area (Å²) in [6.45, 7) is 4.57. The minimum absolute atomic E-state index is 0. The molecular weight excluding hydrogens is 376 g/mol. The Balaban J connectivity index is 0.00000220. The second-order valence-corrected chi connectivity index (χ2v) is 6.71. The van der Waals surface area contributed by atoms with Gasteiger partial charge in [-0.1, -0.05) is 11.6 Å². The molecule has 22 heavy (non-hydrogen) atoms. The molecule has 0 spiro atoms. The number of nitrogens with one attached hydrogen (secondary N) is 2. The van der Waals surface area contributed by atoms with Crippen molar-refractivity contribution in [3.63, 3.8) is 0 Å². The summed E-state index contributed by atoms with van der Waals surface area (Å²) in [5, 5.41) is 3.12. The van der Waals surface area contributed by atoms with Gasteiger partial charge in [-0.15, -0.1) is 24.8 Å². The fourth-order valence-electron chi connectivity index (χ4n) is 2.04. The van der Waals surface area contributed by atoms with Gasteiger partial charge in [-0.3, -0.25) is 4.90 Å². The van der Waals surface area contributed by atoms with Crippen molar-refractivity contribution >= 4 is 46.4 Å². The third kappa shape index (κ3) is 6.16. The van der Waals surface area contributed by atoms with Crippen LogP contribution in [-0.4, -0.2) is 52.6 Å². The first kappa shape index (κ1) is 21.9. The van der Waals surface area contributed by atoms with Crippen molar-refractivity contribution in [1.29, 1.82) is 0 Å². The molecule has 0 aliphatic carbocycles. The summed E-state index contributed by atoms with van der Waals surface area (Å²) >= 11 is 5.76. The van der Waals surface area contributed by atoms with Crippen molar-refractivity contribution in [2.75, 3.05) is 39.3 Å². The van der Waals surface area contributed by atoms with Crippen LogP contribution in [0.5, 0.6) is 0 Å². The predicted octanol–water partition coefficient (Wildman–Crippen LogP) is 1.51. The fourth-order valence-corrected chi connectivity index (χ4v) is 3.59. The van der Waals surface area contributed by atoms with Gasteiger partial charge in [0.2, 0.25) is 10.0 Å². The van der Waals surface area contributed by atoms with E-state index < -0.39 is 15.8 Å². The Morgan fingerprint density at radius 1 is 1.27 bits per heavy atom. The van der Waals surface area contributed by atoms with Crippen LogP contribution in [0.15, 0.2) is 23.1 Å². The normalized spacial score (nSPS) is 15.7. The lowest BCUT2D eigenvalue weighted by Crippen LogP contribution is -2.46. The van der Waals surface area contributed by atoms with E-state index in [1.807, 2.05) is 0 Å². The zero-order chi connectivity index (χ0) is 14.6. The maximum absolute atomic E-state index is 12.9. The molecule has 1 fully saturated rings. The molecule has 0 atom stereocenters. The molecule has 1 aromatic carbocycles. The Bertz CT molecular complexity index is 569. The average molecular weight is 395 g/mol. The van der Waals surface area contributed by atoms with Crippen LogP contribution in [0.1, 0.15) is 0 Å². The van der Waals surface area contributed by atoms with Gasteiger partial charge in [-0.25, -0.2) is 17.5 Å². The highest BCUT2D eigenvalue weighted by Crippen LogP contribution is 2.21. The molecule has 0 aromatic heterocycles. The van der Waals surface area contributed by atoms with Crippen molar-refractivity contribution in [1.82, 2.24) is 14.9 Å². The number of piperazine rings is 1. The Morgan fingerprint density at radius 3 is 2.50 bits per heavy atom. The lowest BCUT2D eigenvalue weighted by molar-refractivity contribution is 0.245. The first-order valence-electron chi connectivity index (χ1n) is 6.37. The lowest BCUT2D eigenvalue weighted by Gasteiger charge is -2.27. The van der Waals surface area contributed by atoms with Gasteiger partial charge in [-0.2, -0.15) is 0 Å². The van der Waals surface area contributed by atoms with Crippen molar-refractivity contribution in [3.8, 4) is 0 Å². The molecule has 5 nitrogen and oxygen atoms in total. The number of halogens is 4. The van der Waals surface area contributed by atoms with E-state index in [4.69, 9.17) is 11.6 Å². The van der Waals surface area contributed by atoms with Gasteiger partial charge >= 0.3 is 0 Å². The summed E-state index contributed by atoms with van der Waals surface area (Å²) in [6, 6.07) is 3.24. The maximum Gasteiger partial charge on any atom is 0.242 e. The van der Waals surface area contributed by atoms with E-state index in [1.165, 1.54) is 6.07 Å². The van der Waals surface area contributed by atoms with Crippen LogP contribution in [0.4, 0.5) is 4.39 Å². The second-order valence-electron chi connectivity index (χ2n) is 4.56. The summed E-state index contributed by atoms with van der Waals surface area (Å²) in [6.07, 6.45) is 0. The van der Waals surface area contributed by atoms with E-state index >= 15 is 0 Å². The number of hydrogen-bond acceptors (Lipinski definition) is 4. The van der Waals surface area contributed by atoms with Gasteiger partial charge in [0.05, 0.1) is 5.02 Å². The van der Waals surface area contributed by atoms with Crippen molar-refractivity contribution < 1.29 is 12.8 Å². The molecule has 2 rings (SSSR count). The third-order valence-electron chi connectivity index (χ3n) is 3.11. The number of sulfonamides is 1. The second kappa shape index (κ2) is 9.87. The topological polar surface area (TPSA) is 61.4 Å². The van der Waals surface area contributed by atoms with E-state index in [0.717, 1.165) is 38.3 Å². The molecule has 2 N–H and O–H groups in total. The van der Waals surface area contributed by atoms with Gasteiger partial charge in [-0.05, 0) is 18.2 Å². The van der Waals surface area contributed by atoms with Crippen LogP contribution in [0.25, 0.3) is 0 Å². The Labute approximate surface area is 147 Å². The lowest BCUT2D eigenvalue weighted by atomic mass is 10.3. The smallest absolute Gasteiger partial charge is 0.242 e. The van der Waals surface area contributed by atoms with E-state index in [0.29, 0.717) is 13.1 Å². The minimum atomic E-state index is -3.70. The number of benzene rings is 1. The van der Waals surface area contributed by atoms with Crippen molar-refractivity contribution in [2.24, 2.45) is 0 Å². The van der Waals surface area contributed by atoms with Crippen LogP contribution in [0.2, 0.25) is 5.02 Å². The van der Waals surface area contributed by atoms with E-state index in [-0.39, 0.29) is 34.7 Å². The molecule has 0 saturated carbocycles. The molecule has 128 valence electrons. The number of rotatable bonds is 5. The van der Waals surface area contributed by atoms with Crippen molar-refractivity contribution in [2.45, 2.75) is 4.90 Å². The summed E-state index contributed by atoms with van der Waals surface area (Å²) in [4.78, 5) is 2.08. The van der Waals surface area contributed by atoms with Crippen LogP contribution in [0.3, 0.4) is 0 Å². The largest absolute Gasteiger partial charge is 0.314 e. The zero-order valence-electron chi connectivity index (χ0n) is 11.7. The zero-order valence-corrected chi connectivity index (χ0v) is 14.9. The standard InChI is InChI=1S/C12H17ClFN3O2S.2ClH/c13-11-9-10(14)1-2-12(11)20(18,19)16-5-8-17-6-3-15-4-7-17;;/h1-2,9,15-16H,3-8H2;2*1H. The SMILES string of the molecule is Cl.Cl.O=S(=O)(NCCN1CCNCC1)c1ccc(F)cc1Cl. The molecule has 0 bridgehead atoms. The third-order valence-corrected chi connectivity index (χ3v) is 5.06. The van der Waals surface area contributed by atoms with E-state index in [2.05, 4.69) is 14.9 Å². The summed E-state index contributed by atoms with van der Waals surface area (Å²) in [7, 11) is -3.70. The molecule has 10 heteroatoms. The molecule has 0 unspecified atom stereocenters. The van der Waals surface area contributed by atoms with E-state index in [9.17, 15) is 12.8 Å². The van der Waals surface area contributed by atoms with Gasteiger partial charge in [0.1, 0.15) is 10.7 Å². The van der Waals surface area contributed by atoms with Gasteiger partial charge in [0, 0.05) is 39.3 Å². The molecule has 1 heterocycles. The van der Waals surface area contributed by atoms with E-state index in [1.54, 1.807) is 0 Å². The summed E-state index contributed by atoms with van der Waals surface area (Å²) < 4.78 is 39.5. The minimum Gasteiger partial charge on any atom is -0.314 e. The molecule has 0 radical (unpaired) electrons. The highest BCUT2D eigenvalue weighted by Gasteiger charge is 2.18. The number of nitrogens with zero attached hydrogens (tertiary/aromatic N) is 1. The van der Waals surface area contributed by atoms with Crippen LogP contribution in [-0.2, 0) is 10.0 Å². The molecular formula is C12H19Cl3FN3O2S. The molecule has 1 saturated heterocycles. The summed E-state index contributed by atoms with van der Waals surface area (Å²) in [5.41, 5.74) is 0. The Hall–Kier alpha value is -0.150. The quantitative estimate of drug-likeness (QED) is 0.795. The first-order valence-corrected chi connectivity index (χ1v) is 8.23. The maximum atomic E-state index is 12.9. The van der Waals surface area contributed by atoms with Gasteiger partial charge in [0.25, 0.3) is 0 Å². The van der Waals surface area contributed by atoms with Gasteiger partial charge in [0.15, 0.2) is 0 Å². The van der Waals surface area contributed by atoms with Gasteiger partial charge < -0.3 is 5.32 Å². The van der Waals surface area contributed by atoms with Crippen LogP contribution in [0, 0.1) is 5.82 Å². The monoisotopic (exact) mass is 393 g/mol. The van der Waals surface area contributed by atoms with Crippen molar-refractivity contribution in [3.05, 3.63) is 29.0 Å². The highest BCUT2D eigenvalue weighted by molar-refractivity contribution is 7.89. The molecule has 1 aliphatic rings.